The van der Waals surface area contributed by atoms with Gasteiger partial charge in [-0.2, -0.15) is 0 Å². The van der Waals surface area contributed by atoms with Crippen LogP contribution in [0, 0.1) is 0 Å². The fourth-order valence-corrected chi connectivity index (χ4v) is 0.828. The highest BCUT2D eigenvalue weighted by atomic mass is 16.5. The Bertz CT molecular complexity index is 304. The summed E-state index contributed by atoms with van der Waals surface area (Å²) in [5, 5.41) is 0. The summed E-state index contributed by atoms with van der Waals surface area (Å²) < 4.78 is 4.47. The molecule has 0 aromatic heterocycles. The molecule has 0 saturated carbocycles. The number of hydrogen-bond acceptors (Lipinski definition) is 3. The van der Waals surface area contributed by atoms with Crippen molar-refractivity contribution >= 4 is 12.3 Å². The normalized spacial score (nSPS) is 9.08. The fourth-order valence-electron chi connectivity index (χ4n) is 0.828. The van der Waals surface area contributed by atoms with Gasteiger partial charge in [0.1, 0.15) is 0 Å². The Hall–Kier alpha value is -1.64. The smallest absolute Gasteiger partial charge is 0.337 e. The van der Waals surface area contributed by atoms with Gasteiger partial charge in [-0.25, -0.2) is 4.79 Å². The van der Waals surface area contributed by atoms with Crippen LogP contribution >= 0.6 is 0 Å². The van der Waals surface area contributed by atoms with Gasteiger partial charge >= 0.3 is 5.97 Å². The summed E-state index contributed by atoms with van der Waals surface area (Å²) in [6, 6.07) is 6.18. The van der Waals surface area contributed by atoms with E-state index in [1.807, 2.05) is 0 Å². The third-order valence-corrected chi connectivity index (χ3v) is 1.40. The molecule has 0 saturated heterocycles. The van der Waals surface area contributed by atoms with Gasteiger partial charge in [-0.05, 0) is 12.1 Å². The molecule has 0 aliphatic rings. The molecule has 0 spiro atoms. The van der Waals surface area contributed by atoms with Gasteiger partial charge in [-0.15, -0.1) is 0 Å². The molecule has 0 heterocycles. The van der Waals surface area contributed by atoms with Crippen molar-refractivity contribution in [2.45, 2.75) is 0 Å². The van der Waals surface area contributed by atoms with Crippen molar-refractivity contribution in [3.05, 3.63) is 35.4 Å². The molecular formula is C9H7O3. The predicted molar refractivity (Wildman–Crippen MR) is 42.6 cm³/mol. The molecule has 12 heavy (non-hydrogen) atoms. The summed E-state index contributed by atoms with van der Waals surface area (Å²) in [4.78, 5) is 21.1. The minimum absolute atomic E-state index is 0.345. The molecule has 0 unspecified atom stereocenters. The summed E-state index contributed by atoms with van der Waals surface area (Å²) >= 11 is 0. The molecular weight excluding hydrogens is 156 g/mol. The molecule has 1 rings (SSSR count). The topological polar surface area (TPSA) is 43.4 Å². The molecule has 1 aromatic carbocycles. The second kappa shape index (κ2) is 3.67. The van der Waals surface area contributed by atoms with Crippen molar-refractivity contribution in [1.82, 2.24) is 0 Å². The van der Waals surface area contributed by atoms with E-state index in [4.69, 9.17) is 0 Å². The monoisotopic (exact) mass is 163 g/mol. The molecule has 0 amide bonds. The Morgan fingerprint density at radius 1 is 1.50 bits per heavy atom. The standard InChI is InChI=1S/C9H7O3/c1-12-9(11)8-4-2-3-7(5-8)6-10/h2-5H,1H3. The van der Waals surface area contributed by atoms with Crippen molar-refractivity contribution in [3.63, 3.8) is 0 Å². The molecule has 0 aliphatic carbocycles. The first-order chi connectivity index (χ1) is 5.77. The van der Waals surface area contributed by atoms with Gasteiger partial charge in [0.25, 0.3) is 0 Å². The van der Waals surface area contributed by atoms with E-state index in [-0.39, 0.29) is 0 Å². The Morgan fingerprint density at radius 3 is 2.83 bits per heavy atom. The third kappa shape index (κ3) is 1.69. The number of rotatable bonds is 2. The highest BCUT2D eigenvalue weighted by molar-refractivity contribution is 5.91. The highest BCUT2D eigenvalue weighted by Crippen LogP contribution is 2.03. The van der Waals surface area contributed by atoms with Gasteiger partial charge in [-0.3, -0.25) is 4.79 Å². The van der Waals surface area contributed by atoms with Crippen molar-refractivity contribution in [2.24, 2.45) is 0 Å². The summed E-state index contributed by atoms with van der Waals surface area (Å²) in [6.45, 7) is 0. The largest absolute Gasteiger partial charge is 0.465 e. The van der Waals surface area contributed by atoms with Gasteiger partial charge in [0, 0.05) is 5.56 Å². The van der Waals surface area contributed by atoms with E-state index in [2.05, 4.69) is 4.74 Å². The van der Waals surface area contributed by atoms with Crippen molar-refractivity contribution < 1.29 is 14.3 Å². The van der Waals surface area contributed by atoms with Gasteiger partial charge in [0.05, 0.1) is 12.7 Å². The first-order valence-electron chi connectivity index (χ1n) is 3.34. The van der Waals surface area contributed by atoms with Gasteiger partial charge in [0.15, 0.2) is 0 Å². The summed E-state index contributed by atoms with van der Waals surface area (Å²) in [5.74, 6) is -0.452. The summed E-state index contributed by atoms with van der Waals surface area (Å²) in [6.07, 6.45) is 1.69. The molecule has 1 aromatic rings. The van der Waals surface area contributed by atoms with E-state index in [1.54, 1.807) is 24.5 Å². The van der Waals surface area contributed by atoms with Crippen LogP contribution in [-0.4, -0.2) is 19.4 Å². The molecule has 0 fully saturated rings. The van der Waals surface area contributed by atoms with Crippen molar-refractivity contribution in [2.75, 3.05) is 7.11 Å². The molecule has 61 valence electrons. The van der Waals surface area contributed by atoms with Crippen molar-refractivity contribution in [3.8, 4) is 0 Å². The maximum atomic E-state index is 10.9. The zero-order valence-electron chi connectivity index (χ0n) is 6.53. The van der Waals surface area contributed by atoms with Crippen LogP contribution < -0.4 is 0 Å². The quantitative estimate of drug-likeness (QED) is 0.609. The Morgan fingerprint density at radius 2 is 2.25 bits per heavy atom. The van der Waals surface area contributed by atoms with Crippen LogP contribution in [0.3, 0.4) is 0 Å². The Labute approximate surface area is 70.0 Å². The average Bonchev–Trinajstić information content (AvgIpc) is 2.17. The molecule has 1 radical (unpaired) electrons. The van der Waals surface area contributed by atoms with Crippen LogP contribution in [0.1, 0.15) is 15.9 Å². The number of ether oxygens (including phenoxy) is 1. The first-order valence-corrected chi connectivity index (χ1v) is 3.34. The molecule has 0 atom stereocenters. The molecule has 0 aliphatic heterocycles. The van der Waals surface area contributed by atoms with Gasteiger partial charge in [0.2, 0.25) is 6.29 Å². The zero-order valence-corrected chi connectivity index (χ0v) is 6.53. The van der Waals surface area contributed by atoms with Crippen molar-refractivity contribution in [1.29, 1.82) is 0 Å². The lowest BCUT2D eigenvalue weighted by molar-refractivity contribution is 0.0600. The van der Waals surface area contributed by atoms with E-state index in [0.717, 1.165) is 0 Å². The number of hydrogen-bond donors (Lipinski definition) is 0. The van der Waals surface area contributed by atoms with Crippen LogP contribution in [0.5, 0.6) is 0 Å². The predicted octanol–water partition coefficient (Wildman–Crippen LogP) is 0.931. The summed E-state index contributed by atoms with van der Waals surface area (Å²) in [5.41, 5.74) is 0.705. The number of carbonyl (C=O) groups excluding carboxylic acids is 2. The number of methoxy groups -OCH3 is 1. The Kier molecular flexibility index (Phi) is 2.58. The zero-order chi connectivity index (χ0) is 8.97. The van der Waals surface area contributed by atoms with Crippen LogP contribution in [-0.2, 0) is 9.53 Å². The molecule has 0 bridgehead atoms. The third-order valence-electron chi connectivity index (χ3n) is 1.40. The minimum atomic E-state index is -0.452. The van der Waals surface area contributed by atoms with Gasteiger partial charge in [-0.1, -0.05) is 12.1 Å². The van der Waals surface area contributed by atoms with Crippen LogP contribution in [0.15, 0.2) is 24.3 Å². The van der Waals surface area contributed by atoms with E-state index < -0.39 is 5.97 Å². The first kappa shape index (κ1) is 8.46. The maximum absolute atomic E-state index is 10.9. The maximum Gasteiger partial charge on any atom is 0.337 e. The fraction of sp³-hybridized carbons (Fsp3) is 0.111. The van der Waals surface area contributed by atoms with E-state index >= 15 is 0 Å². The minimum Gasteiger partial charge on any atom is -0.465 e. The van der Waals surface area contributed by atoms with Crippen LogP contribution in [0.2, 0.25) is 0 Å². The van der Waals surface area contributed by atoms with E-state index in [9.17, 15) is 9.59 Å². The van der Waals surface area contributed by atoms with E-state index in [0.29, 0.717) is 11.1 Å². The SMILES string of the molecule is COC(=O)c1cccc([C]=O)c1. The Balaban J connectivity index is 3.01. The number of carbonyl (C=O) groups is 1. The number of benzene rings is 1. The number of esters is 1. The second-order valence-electron chi connectivity index (χ2n) is 2.17. The summed E-state index contributed by atoms with van der Waals surface area (Å²) in [7, 11) is 1.29. The lowest BCUT2D eigenvalue weighted by Crippen LogP contribution is -2.01. The van der Waals surface area contributed by atoms with Crippen LogP contribution in [0.4, 0.5) is 0 Å². The molecule has 3 heteroatoms. The second-order valence-corrected chi connectivity index (χ2v) is 2.17. The molecule has 3 nitrogen and oxygen atoms in total. The molecule has 0 N–H and O–H groups in total. The van der Waals surface area contributed by atoms with Gasteiger partial charge < -0.3 is 4.74 Å². The van der Waals surface area contributed by atoms with Crippen LogP contribution in [0.25, 0.3) is 0 Å². The highest BCUT2D eigenvalue weighted by Gasteiger charge is 2.04. The average molecular weight is 163 g/mol. The lowest BCUT2D eigenvalue weighted by atomic mass is 10.1. The lowest BCUT2D eigenvalue weighted by Gasteiger charge is -1.97. The van der Waals surface area contributed by atoms with E-state index in [1.165, 1.54) is 13.2 Å².